The van der Waals surface area contributed by atoms with Crippen molar-refractivity contribution in [1.82, 2.24) is 10.6 Å². The van der Waals surface area contributed by atoms with Gasteiger partial charge in [0.05, 0.1) is 6.04 Å². The third kappa shape index (κ3) is 6.22. The van der Waals surface area contributed by atoms with Gasteiger partial charge in [0.1, 0.15) is 0 Å². The van der Waals surface area contributed by atoms with Crippen LogP contribution in [0, 0.1) is 0 Å². The van der Waals surface area contributed by atoms with Gasteiger partial charge in [-0.05, 0) is 30.5 Å². The highest BCUT2D eigenvalue weighted by Crippen LogP contribution is 2.01. The summed E-state index contributed by atoms with van der Waals surface area (Å²) in [7, 11) is 0. The van der Waals surface area contributed by atoms with Gasteiger partial charge in [0.25, 0.3) is 0 Å². The minimum atomic E-state index is -0.368. The Morgan fingerprint density at radius 2 is 1.57 bits per heavy atom. The summed E-state index contributed by atoms with van der Waals surface area (Å²) in [6.07, 6.45) is 1.27. The molecule has 4 nitrogen and oxygen atoms in total. The summed E-state index contributed by atoms with van der Waals surface area (Å²) >= 11 is 0. The Morgan fingerprint density at radius 1 is 0.957 bits per heavy atom. The fourth-order valence-electron chi connectivity index (χ4n) is 2.40. The molecule has 2 aromatic carbocycles. The maximum Gasteiger partial charge on any atom is 0.237 e. The van der Waals surface area contributed by atoms with Crippen LogP contribution in [0.2, 0.25) is 0 Å². The topological polar surface area (TPSA) is 61.4 Å². The first-order valence-electron chi connectivity index (χ1n) is 7.99. The van der Waals surface area contributed by atoms with Gasteiger partial charge in [-0.25, -0.2) is 0 Å². The number of carbonyl (C=O) groups excluding carboxylic acids is 1. The molecule has 0 fully saturated rings. The second-order valence-corrected chi connectivity index (χ2v) is 5.46. The maximum absolute atomic E-state index is 12.3. The predicted octanol–water partition coefficient (Wildman–Crippen LogP) is 1.89. The fourth-order valence-corrected chi connectivity index (χ4v) is 2.40. The van der Waals surface area contributed by atoms with Crippen LogP contribution < -0.4 is 10.6 Å². The number of hydrogen-bond acceptors (Lipinski definition) is 3. The molecule has 3 N–H and O–H groups in total. The average Bonchev–Trinajstić information content (AvgIpc) is 2.61. The minimum absolute atomic E-state index is 0.0121. The molecule has 0 aliphatic rings. The lowest BCUT2D eigenvalue weighted by Crippen LogP contribution is -2.45. The molecule has 0 saturated heterocycles. The van der Waals surface area contributed by atoms with Crippen molar-refractivity contribution in [3.63, 3.8) is 0 Å². The van der Waals surface area contributed by atoms with E-state index in [1.54, 1.807) is 0 Å². The number of rotatable bonds is 9. The summed E-state index contributed by atoms with van der Waals surface area (Å²) in [4.78, 5) is 12.3. The highest BCUT2D eigenvalue weighted by Gasteiger charge is 2.16. The van der Waals surface area contributed by atoms with Crippen LogP contribution in [-0.4, -0.2) is 30.2 Å². The first kappa shape index (κ1) is 17.2. The van der Waals surface area contributed by atoms with Crippen LogP contribution in [0.5, 0.6) is 0 Å². The van der Waals surface area contributed by atoms with Crippen molar-refractivity contribution < 1.29 is 9.90 Å². The van der Waals surface area contributed by atoms with E-state index in [0.717, 1.165) is 12.0 Å². The summed E-state index contributed by atoms with van der Waals surface area (Å²) in [5.41, 5.74) is 2.29. The van der Waals surface area contributed by atoms with Crippen LogP contribution in [0.15, 0.2) is 60.7 Å². The molecule has 0 aliphatic heterocycles. The number of hydrogen-bond donors (Lipinski definition) is 3. The molecule has 2 aromatic rings. The molecule has 4 heteroatoms. The highest BCUT2D eigenvalue weighted by molar-refractivity contribution is 5.81. The van der Waals surface area contributed by atoms with Crippen molar-refractivity contribution in [3.05, 3.63) is 71.8 Å². The quantitative estimate of drug-likeness (QED) is 0.662. The summed E-state index contributed by atoms with van der Waals surface area (Å²) in [5, 5.41) is 15.3. The Bertz CT molecular complexity index is 572. The molecule has 2 rings (SSSR count). The molecule has 0 aliphatic carbocycles. The molecular formula is C19H24N2O2. The summed E-state index contributed by atoms with van der Waals surface area (Å²) in [6.45, 7) is 1.19. The van der Waals surface area contributed by atoms with Crippen molar-refractivity contribution in [2.75, 3.05) is 13.2 Å². The second-order valence-electron chi connectivity index (χ2n) is 5.46. The standard InChI is InChI=1S/C19H24N2O2/c22-14-12-18(20-13-11-16-7-3-1-4-8-16)19(23)21-15-17-9-5-2-6-10-17/h1-10,18,20,22H,11-15H2,(H,21,23). The van der Waals surface area contributed by atoms with Gasteiger partial charge in [-0.1, -0.05) is 60.7 Å². The minimum Gasteiger partial charge on any atom is -0.396 e. The number of nitrogens with one attached hydrogen (secondary N) is 2. The Hall–Kier alpha value is -2.17. The summed E-state index contributed by atoms with van der Waals surface area (Å²) < 4.78 is 0. The Morgan fingerprint density at radius 3 is 2.17 bits per heavy atom. The van der Waals surface area contributed by atoms with E-state index >= 15 is 0 Å². The Balaban J connectivity index is 1.78. The van der Waals surface area contributed by atoms with Gasteiger partial charge in [-0.3, -0.25) is 4.79 Å². The molecule has 0 radical (unpaired) electrons. The lowest BCUT2D eigenvalue weighted by atomic mass is 10.1. The number of aliphatic hydroxyl groups is 1. The van der Waals surface area contributed by atoms with Crippen molar-refractivity contribution in [2.24, 2.45) is 0 Å². The molecule has 0 aromatic heterocycles. The largest absolute Gasteiger partial charge is 0.396 e. The molecule has 1 unspecified atom stereocenters. The van der Waals surface area contributed by atoms with Gasteiger partial charge >= 0.3 is 0 Å². The normalized spacial score (nSPS) is 11.9. The molecule has 0 saturated carbocycles. The van der Waals surface area contributed by atoms with Gasteiger partial charge in [0, 0.05) is 13.2 Å². The molecule has 23 heavy (non-hydrogen) atoms. The number of aliphatic hydroxyl groups excluding tert-OH is 1. The van der Waals surface area contributed by atoms with Crippen molar-refractivity contribution in [3.8, 4) is 0 Å². The van der Waals surface area contributed by atoms with E-state index in [0.29, 0.717) is 19.5 Å². The highest BCUT2D eigenvalue weighted by atomic mass is 16.3. The average molecular weight is 312 g/mol. The number of amides is 1. The van der Waals surface area contributed by atoms with Gasteiger partial charge in [-0.15, -0.1) is 0 Å². The Kier molecular flexibility index (Phi) is 7.30. The third-order valence-electron chi connectivity index (χ3n) is 3.69. The first-order chi connectivity index (χ1) is 11.3. The van der Waals surface area contributed by atoms with Crippen LogP contribution in [0.4, 0.5) is 0 Å². The lowest BCUT2D eigenvalue weighted by Gasteiger charge is -2.17. The zero-order valence-electron chi connectivity index (χ0n) is 13.2. The molecule has 0 spiro atoms. The molecule has 0 bridgehead atoms. The van der Waals surface area contributed by atoms with Crippen molar-refractivity contribution in [2.45, 2.75) is 25.4 Å². The van der Waals surface area contributed by atoms with E-state index in [2.05, 4.69) is 22.8 Å². The van der Waals surface area contributed by atoms with E-state index in [4.69, 9.17) is 5.11 Å². The van der Waals surface area contributed by atoms with Gasteiger partial charge in [0.15, 0.2) is 0 Å². The van der Waals surface area contributed by atoms with Crippen LogP contribution >= 0.6 is 0 Å². The van der Waals surface area contributed by atoms with E-state index in [-0.39, 0.29) is 18.6 Å². The molecule has 0 heterocycles. The SMILES string of the molecule is O=C(NCc1ccccc1)C(CCO)NCCc1ccccc1. The van der Waals surface area contributed by atoms with Crippen LogP contribution in [0.25, 0.3) is 0 Å². The van der Waals surface area contributed by atoms with Crippen LogP contribution in [0.3, 0.4) is 0 Å². The first-order valence-corrected chi connectivity index (χ1v) is 7.99. The maximum atomic E-state index is 12.3. The summed E-state index contributed by atoms with van der Waals surface area (Å²) in [5.74, 6) is -0.0732. The van der Waals surface area contributed by atoms with Gasteiger partial charge in [-0.2, -0.15) is 0 Å². The number of benzene rings is 2. The molecular weight excluding hydrogens is 288 g/mol. The van der Waals surface area contributed by atoms with Gasteiger partial charge in [0.2, 0.25) is 5.91 Å². The zero-order valence-corrected chi connectivity index (χ0v) is 13.2. The molecule has 1 atom stereocenters. The third-order valence-corrected chi connectivity index (χ3v) is 3.69. The zero-order chi connectivity index (χ0) is 16.3. The lowest BCUT2D eigenvalue weighted by molar-refractivity contribution is -0.123. The van der Waals surface area contributed by atoms with E-state index in [1.807, 2.05) is 48.5 Å². The van der Waals surface area contributed by atoms with E-state index in [9.17, 15) is 4.79 Å². The monoisotopic (exact) mass is 312 g/mol. The predicted molar refractivity (Wildman–Crippen MR) is 91.9 cm³/mol. The van der Waals surface area contributed by atoms with Crippen LogP contribution in [-0.2, 0) is 17.8 Å². The summed E-state index contributed by atoms with van der Waals surface area (Å²) in [6, 6.07) is 19.6. The van der Waals surface area contributed by atoms with E-state index < -0.39 is 0 Å². The van der Waals surface area contributed by atoms with E-state index in [1.165, 1.54) is 5.56 Å². The van der Waals surface area contributed by atoms with Gasteiger partial charge < -0.3 is 15.7 Å². The molecule has 122 valence electrons. The van der Waals surface area contributed by atoms with Crippen molar-refractivity contribution in [1.29, 1.82) is 0 Å². The number of carbonyl (C=O) groups is 1. The second kappa shape index (κ2) is 9.77. The Labute approximate surface area is 137 Å². The smallest absolute Gasteiger partial charge is 0.237 e. The molecule has 1 amide bonds. The van der Waals surface area contributed by atoms with Crippen LogP contribution in [0.1, 0.15) is 17.5 Å². The fraction of sp³-hybridized carbons (Fsp3) is 0.316. The van der Waals surface area contributed by atoms with Crippen molar-refractivity contribution >= 4 is 5.91 Å².